The zero-order valence-electron chi connectivity index (χ0n) is 13.8. The van der Waals surface area contributed by atoms with Gasteiger partial charge in [0.15, 0.2) is 0 Å². The van der Waals surface area contributed by atoms with E-state index >= 15 is 0 Å². The zero-order valence-corrected chi connectivity index (χ0v) is 16.0. The van der Waals surface area contributed by atoms with Crippen molar-refractivity contribution < 1.29 is 0 Å². The molecule has 0 saturated heterocycles. The third kappa shape index (κ3) is 2.89. The van der Waals surface area contributed by atoms with Crippen molar-refractivity contribution in [2.24, 2.45) is 5.92 Å². The van der Waals surface area contributed by atoms with Gasteiger partial charge >= 0.3 is 0 Å². The fourth-order valence-electron chi connectivity index (χ4n) is 4.34. The molecule has 4 heteroatoms. The number of hydrogen-bond donors (Lipinski definition) is 0. The molecule has 0 aromatic carbocycles. The summed E-state index contributed by atoms with van der Waals surface area (Å²) in [6.07, 6.45) is 18.8. The molecule has 0 aromatic heterocycles. The minimum absolute atomic E-state index is 0.256. The minimum Gasteiger partial charge on any atom is -0.364 e. The Labute approximate surface area is 162 Å². The van der Waals surface area contributed by atoms with Crippen molar-refractivity contribution in [3.05, 3.63) is 68.5 Å². The third-order valence-corrected chi connectivity index (χ3v) is 6.14. The molecule has 0 amide bonds. The van der Waals surface area contributed by atoms with E-state index < -0.39 is 0 Å². The molecule has 0 radical (unpaired) electrons. The largest absolute Gasteiger partial charge is 0.364 e. The minimum atomic E-state index is 0.256. The average Bonchev–Trinajstić information content (AvgIpc) is 2.85. The first kappa shape index (κ1) is 16.4. The lowest BCUT2D eigenvalue weighted by molar-refractivity contribution is 0.211. The second-order valence-corrected chi connectivity index (χ2v) is 8.07. The van der Waals surface area contributed by atoms with Gasteiger partial charge in [-0.25, -0.2) is 0 Å². The fraction of sp³-hybridized carbons (Fsp3) is 0.333. The van der Waals surface area contributed by atoms with E-state index in [-0.39, 0.29) is 12.0 Å². The monoisotopic (exact) mass is 439 g/mol. The first-order chi connectivity index (χ1) is 12.2. The van der Waals surface area contributed by atoms with E-state index in [0.29, 0.717) is 6.04 Å². The van der Waals surface area contributed by atoms with Gasteiger partial charge in [-0.2, -0.15) is 10.5 Å². The molecule has 4 aliphatic rings. The van der Waals surface area contributed by atoms with E-state index in [4.69, 9.17) is 0 Å². The smallest absolute Gasteiger partial charge is 0.0988 e. The van der Waals surface area contributed by atoms with Crippen LogP contribution in [0.25, 0.3) is 0 Å². The van der Waals surface area contributed by atoms with Crippen LogP contribution in [0, 0.1) is 28.6 Å². The molecular weight excluding hydrogens is 421 g/mol. The number of rotatable bonds is 1. The Balaban J connectivity index is 1.74. The number of allylic oxidation sites excluding steroid dienone is 7. The Morgan fingerprint density at radius 1 is 1.20 bits per heavy atom. The highest BCUT2D eigenvalue weighted by Gasteiger charge is 2.42. The molecule has 0 aromatic rings. The van der Waals surface area contributed by atoms with Crippen LogP contribution in [0.3, 0.4) is 0 Å². The molecule has 25 heavy (non-hydrogen) atoms. The molecule has 3 nitrogen and oxygen atoms in total. The zero-order chi connectivity index (χ0) is 17.4. The molecule has 1 heterocycles. The second-order valence-electron chi connectivity index (χ2n) is 6.82. The lowest BCUT2D eigenvalue weighted by atomic mass is 9.86. The van der Waals surface area contributed by atoms with Crippen molar-refractivity contribution in [2.75, 3.05) is 0 Å². The van der Waals surface area contributed by atoms with Gasteiger partial charge in [0, 0.05) is 38.8 Å². The highest BCUT2D eigenvalue weighted by atomic mass is 127. The van der Waals surface area contributed by atoms with E-state index in [1.54, 1.807) is 0 Å². The highest BCUT2D eigenvalue weighted by Crippen LogP contribution is 2.45. The number of nitrogens with zero attached hydrogens (tertiary/aromatic N) is 3. The molecule has 4 rings (SSSR count). The Morgan fingerprint density at radius 3 is 2.88 bits per heavy atom. The Hall–Kier alpha value is -2.05. The molecule has 0 bridgehead atoms. The van der Waals surface area contributed by atoms with Gasteiger partial charge in [-0.15, -0.1) is 0 Å². The van der Waals surface area contributed by atoms with E-state index in [9.17, 15) is 10.5 Å². The Bertz CT molecular complexity index is 870. The lowest BCUT2D eigenvalue weighted by Gasteiger charge is -2.37. The van der Waals surface area contributed by atoms with E-state index in [2.05, 4.69) is 70.0 Å². The molecule has 3 atom stereocenters. The molecular formula is C21H18IN3. The average molecular weight is 439 g/mol. The summed E-state index contributed by atoms with van der Waals surface area (Å²) in [5, 5.41) is 18.8. The van der Waals surface area contributed by atoms with Gasteiger partial charge in [-0.3, -0.25) is 0 Å². The van der Waals surface area contributed by atoms with Gasteiger partial charge in [-0.1, -0.05) is 30.4 Å². The maximum absolute atomic E-state index is 9.48. The van der Waals surface area contributed by atoms with Crippen LogP contribution in [0.4, 0.5) is 0 Å². The second kappa shape index (κ2) is 6.69. The maximum Gasteiger partial charge on any atom is 0.0988 e. The molecule has 124 valence electrons. The van der Waals surface area contributed by atoms with Gasteiger partial charge in [0.05, 0.1) is 18.2 Å². The van der Waals surface area contributed by atoms with Crippen LogP contribution in [-0.2, 0) is 0 Å². The Morgan fingerprint density at radius 2 is 2.08 bits per heavy atom. The van der Waals surface area contributed by atoms with Crippen LogP contribution in [0.15, 0.2) is 68.5 Å². The van der Waals surface area contributed by atoms with Gasteiger partial charge in [0.2, 0.25) is 0 Å². The lowest BCUT2D eigenvalue weighted by Crippen LogP contribution is -2.41. The van der Waals surface area contributed by atoms with Crippen LogP contribution in [0.5, 0.6) is 0 Å². The van der Waals surface area contributed by atoms with E-state index in [1.165, 1.54) is 11.3 Å². The predicted octanol–water partition coefficient (Wildman–Crippen LogP) is 4.84. The number of hydrogen-bond acceptors (Lipinski definition) is 3. The van der Waals surface area contributed by atoms with Gasteiger partial charge < -0.3 is 4.90 Å². The van der Waals surface area contributed by atoms with Crippen molar-refractivity contribution >= 4 is 22.6 Å². The first-order valence-corrected chi connectivity index (χ1v) is 9.73. The SMILES string of the molecule is N#CC1=CC2C3=C(CCC=C3)N(C3CC=C(I)C=C(C#N)C3)C2C=C1. The Kier molecular flexibility index (Phi) is 4.39. The summed E-state index contributed by atoms with van der Waals surface area (Å²) in [5.41, 5.74) is 4.37. The molecule has 0 saturated carbocycles. The predicted molar refractivity (Wildman–Crippen MR) is 106 cm³/mol. The molecule has 1 aliphatic heterocycles. The van der Waals surface area contributed by atoms with Crippen LogP contribution >= 0.6 is 22.6 Å². The number of nitriles is 2. The summed E-state index contributed by atoms with van der Waals surface area (Å²) >= 11 is 2.31. The molecule has 0 N–H and O–H groups in total. The number of halogens is 1. The fourth-order valence-corrected chi connectivity index (χ4v) is 4.97. The van der Waals surface area contributed by atoms with Gasteiger partial charge in [0.25, 0.3) is 0 Å². The highest BCUT2D eigenvalue weighted by molar-refractivity contribution is 14.1. The van der Waals surface area contributed by atoms with Crippen LogP contribution in [0.2, 0.25) is 0 Å². The summed E-state index contributed by atoms with van der Waals surface area (Å²) in [6.45, 7) is 0. The summed E-state index contributed by atoms with van der Waals surface area (Å²) in [6, 6.07) is 5.22. The van der Waals surface area contributed by atoms with Gasteiger partial charge in [-0.05, 0) is 59.6 Å². The van der Waals surface area contributed by atoms with Crippen molar-refractivity contribution in [3.63, 3.8) is 0 Å². The van der Waals surface area contributed by atoms with Crippen molar-refractivity contribution in [3.8, 4) is 12.1 Å². The van der Waals surface area contributed by atoms with Crippen LogP contribution in [-0.4, -0.2) is 17.0 Å². The van der Waals surface area contributed by atoms with E-state index in [1.807, 2.05) is 12.2 Å². The van der Waals surface area contributed by atoms with Crippen molar-refractivity contribution in [1.29, 1.82) is 10.5 Å². The third-order valence-electron chi connectivity index (χ3n) is 5.39. The van der Waals surface area contributed by atoms with E-state index in [0.717, 1.165) is 40.4 Å². The maximum atomic E-state index is 9.48. The van der Waals surface area contributed by atoms with Gasteiger partial charge in [0.1, 0.15) is 0 Å². The standard InChI is InChI=1S/C21H18IN3/c22-16-6-7-17(10-15(9-16)13-24)25-20-4-2-1-3-18(20)19-11-14(12-23)5-8-21(19)25/h1,3,5-6,8-9,11,17,19,21H,2,4,7,10H2. The molecule has 0 fully saturated rings. The van der Waals surface area contributed by atoms with Crippen LogP contribution < -0.4 is 0 Å². The number of fused-ring (bicyclic) bond motifs is 2. The quantitative estimate of drug-likeness (QED) is 0.550. The molecule has 3 aliphatic carbocycles. The summed E-state index contributed by atoms with van der Waals surface area (Å²) in [4.78, 5) is 2.54. The summed E-state index contributed by atoms with van der Waals surface area (Å²) in [7, 11) is 0. The molecule has 3 unspecified atom stereocenters. The summed E-state index contributed by atoms with van der Waals surface area (Å²) in [5.74, 6) is 0.256. The normalized spacial score (nSPS) is 30.4. The topological polar surface area (TPSA) is 50.8 Å². The van der Waals surface area contributed by atoms with Crippen LogP contribution in [0.1, 0.15) is 25.7 Å². The van der Waals surface area contributed by atoms with Crippen molar-refractivity contribution in [2.45, 2.75) is 37.8 Å². The first-order valence-electron chi connectivity index (χ1n) is 8.65. The molecule has 0 spiro atoms. The van der Waals surface area contributed by atoms with Crippen molar-refractivity contribution in [1.82, 2.24) is 4.90 Å². The summed E-state index contributed by atoms with van der Waals surface area (Å²) < 4.78 is 1.15.